The summed E-state index contributed by atoms with van der Waals surface area (Å²) in [5, 5.41) is 5.59. The first-order valence-corrected chi connectivity index (χ1v) is 10.8. The number of halogens is 2. The Morgan fingerprint density at radius 2 is 2.00 bits per heavy atom. The predicted molar refractivity (Wildman–Crippen MR) is 110 cm³/mol. The van der Waals surface area contributed by atoms with E-state index in [-0.39, 0.29) is 34.6 Å². The van der Waals surface area contributed by atoms with E-state index in [9.17, 15) is 23.2 Å². The number of carbonyl (C=O) groups excluding carboxylic acids is 3. The third-order valence-corrected chi connectivity index (χ3v) is 5.85. The van der Waals surface area contributed by atoms with Crippen LogP contribution in [0.1, 0.15) is 16.8 Å². The van der Waals surface area contributed by atoms with Gasteiger partial charge in [0.15, 0.2) is 0 Å². The van der Waals surface area contributed by atoms with Crippen LogP contribution in [0.4, 0.5) is 14.5 Å². The van der Waals surface area contributed by atoms with Crippen LogP contribution in [-0.2, 0) is 9.59 Å². The molecule has 0 saturated carbocycles. The zero-order valence-corrected chi connectivity index (χ0v) is 16.9. The Bertz CT molecular complexity index is 1050. The molecule has 6 nitrogen and oxygen atoms in total. The van der Waals surface area contributed by atoms with E-state index in [0.717, 1.165) is 12.1 Å². The maximum Gasteiger partial charge on any atom is 0.256 e. The van der Waals surface area contributed by atoms with Crippen LogP contribution in [0.15, 0.2) is 36.4 Å². The topological polar surface area (TPSA) is 78.5 Å². The fraction of sp³-hybridized carbons (Fsp3) is 0.286. The molecule has 1 saturated heterocycles. The van der Waals surface area contributed by atoms with E-state index in [1.165, 1.54) is 34.9 Å². The van der Waals surface area contributed by atoms with Crippen molar-refractivity contribution in [2.45, 2.75) is 18.5 Å². The van der Waals surface area contributed by atoms with Gasteiger partial charge in [-0.15, -0.1) is 0 Å². The van der Waals surface area contributed by atoms with E-state index in [4.69, 9.17) is 0 Å². The van der Waals surface area contributed by atoms with Crippen LogP contribution in [0.25, 0.3) is 11.1 Å². The number of fused-ring (bicyclic) bond motifs is 2. The highest BCUT2D eigenvalue weighted by molar-refractivity contribution is 7.99. The number of carbonyl (C=O) groups is 3. The maximum atomic E-state index is 14.2. The fourth-order valence-electron chi connectivity index (χ4n) is 3.96. The summed E-state index contributed by atoms with van der Waals surface area (Å²) < 4.78 is 27.4. The van der Waals surface area contributed by atoms with Crippen molar-refractivity contribution in [3.63, 3.8) is 0 Å². The van der Waals surface area contributed by atoms with Crippen LogP contribution in [0.5, 0.6) is 0 Å². The minimum absolute atomic E-state index is 0.155. The summed E-state index contributed by atoms with van der Waals surface area (Å²) >= 11 is 1.37. The van der Waals surface area contributed by atoms with Gasteiger partial charge >= 0.3 is 0 Å². The Hall–Kier alpha value is -2.94. The average molecular weight is 431 g/mol. The number of hydrogen-bond donors (Lipinski definition) is 2. The summed E-state index contributed by atoms with van der Waals surface area (Å²) in [5.74, 6) is -2.11. The van der Waals surface area contributed by atoms with Gasteiger partial charge in [0.25, 0.3) is 5.91 Å². The number of anilines is 1. The molecule has 0 bridgehead atoms. The second-order valence-electron chi connectivity index (χ2n) is 7.21. The molecule has 2 N–H and O–H groups in total. The van der Waals surface area contributed by atoms with Crippen molar-refractivity contribution in [2.24, 2.45) is 0 Å². The molecule has 0 unspecified atom stereocenters. The molecule has 2 aliphatic heterocycles. The molecule has 0 radical (unpaired) electrons. The molecule has 3 amide bonds. The molecule has 2 aromatic carbocycles. The lowest BCUT2D eigenvalue weighted by Crippen LogP contribution is -2.51. The van der Waals surface area contributed by atoms with Crippen LogP contribution in [-0.4, -0.2) is 53.3 Å². The predicted octanol–water partition coefficient (Wildman–Crippen LogP) is 2.65. The van der Waals surface area contributed by atoms with Crippen LogP contribution >= 0.6 is 11.8 Å². The summed E-state index contributed by atoms with van der Waals surface area (Å²) in [7, 11) is 0. The number of hydrogen-bond acceptors (Lipinski definition) is 4. The average Bonchev–Trinajstić information content (AvgIpc) is 3.07. The van der Waals surface area contributed by atoms with Gasteiger partial charge in [0.1, 0.15) is 17.7 Å². The van der Waals surface area contributed by atoms with Gasteiger partial charge in [-0.1, -0.05) is 6.07 Å². The van der Waals surface area contributed by atoms with Crippen molar-refractivity contribution in [1.82, 2.24) is 10.2 Å². The van der Waals surface area contributed by atoms with Gasteiger partial charge in [-0.25, -0.2) is 8.78 Å². The molecule has 0 spiro atoms. The largest absolute Gasteiger partial charge is 0.350 e. The molecule has 0 aliphatic carbocycles. The smallest absolute Gasteiger partial charge is 0.256 e. The fourth-order valence-corrected chi connectivity index (χ4v) is 4.30. The Morgan fingerprint density at radius 1 is 1.20 bits per heavy atom. The molecule has 2 aromatic rings. The molecule has 2 atom stereocenters. The molecule has 156 valence electrons. The molecule has 30 heavy (non-hydrogen) atoms. The maximum absolute atomic E-state index is 14.2. The van der Waals surface area contributed by atoms with E-state index < -0.39 is 23.7 Å². The highest BCUT2D eigenvalue weighted by Crippen LogP contribution is 2.33. The number of benzene rings is 2. The van der Waals surface area contributed by atoms with Gasteiger partial charge in [-0.3, -0.25) is 14.4 Å². The lowest BCUT2D eigenvalue weighted by molar-refractivity contribution is -0.122. The minimum Gasteiger partial charge on any atom is -0.350 e. The first-order valence-electron chi connectivity index (χ1n) is 9.38. The summed E-state index contributed by atoms with van der Waals surface area (Å²) in [6, 6.07) is 6.54. The summed E-state index contributed by atoms with van der Waals surface area (Å²) in [5.41, 5.74) is 1.10. The standard InChI is InChI=1S/C21H19F2N3O3S/c1-30-10-18(27)24-17-6-7-26-19(17)20(28)25-16-5-2-11(8-14(16)21(26)29)13-4-3-12(22)9-15(13)23/h2-5,8-9,17,19H,6-7,10H2,1H3,(H,24,27)(H,25,28)/t17-,19+/m1/s1. The van der Waals surface area contributed by atoms with Gasteiger partial charge in [0, 0.05) is 18.2 Å². The summed E-state index contributed by atoms with van der Waals surface area (Å²) in [4.78, 5) is 39.5. The second kappa shape index (κ2) is 8.06. The number of amides is 3. The zero-order chi connectivity index (χ0) is 21.4. The Morgan fingerprint density at radius 3 is 2.73 bits per heavy atom. The normalized spacial score (nSPS) is 20.3. The summed E-state index contributed by atoms with van der Waals surface area (Å²) in [6.45, 7) is 0.315. The third-order valence-electron chi connectivity index (χ3n) is 5.30. The molecular weight excluding hydrogens is 412 g/mol. The van der Waals surface area contributed by atoms with Crippen LogP contribution < -0.4 is 10.6 Å². The minimum atomic E-state index is -0.818. The molecule has 1 fully saturated rings. The third kappa shape index (κ3) is 3.65. The first kappa shape index (κ1) is 20.3. The first-order chi connectivity index (χ1) is 14.4. The number of nitrogens with zero attached hydrogens (tertiary/aromatic N) is 1. The van der Waals surface area contributed by atoms with Crippen molar-refractivity contribution >= 4 is 35.2 Å². The van der Waals surface area contributed by atoms with Crippen molar-refractivity contribution in [3.8, 4) is 11.1 Å². The van der Waals surface area contributed by atoms with Crippen molar-refractivity contribution < 1.29 is 23.2 Å². The number of nitrogens with one attached hydrogen (secondary N) is 2. The zero-order valence-electron chi connectivity index (χ0n) is 16.1. The van der Waals surface area contributed by atoms with Crippen LogP contribution in [0, 0.1) is 11.6 Å². The van der Waals surface area contributed by atoms with E-state index in [1.54, 1.807) is 12.3 Å². The number of rotatable bonds is 4. The SMILES string of the molecule is CSCC(=O)N[C@@H]1CCN2C(=O)c3cc(-c4ccc(F)cc4F)ccc3NC(=O)[C@H]12. The lowest BCUT2D eigenvalue weighted by Gasteiger charge is -2.24. The molecule has 4 rings (SSSR count). The highest BCUT2D eigenvalue weighted by atomic mass is 32.2. The molecule has 2 heterocycles. The number of thioether (sulfide) groups is 1. The Kier molecular flexibility index (Phi) is 5.46. The molecule has 2 aliphatic rings. The van der Waals surface area contributed by atoms with Gasteiger partial charge in [0.05, 0.1) is 23.0 Å². The van der Waals surface area contributed by atoms with Gasteiger partial charge in [-0.2, -0.15) is 11.8 Å². The van der Waals surface area contributed by atoms with Crippen molar-refractivity contribution in [2.75, 3.05) is 23.9 Å². The highest BCUT2D eigenvalue weighted by Gasteiger charge is 2.45. The van der Waals surface area contributed by atoms with Crippen molar-refractivity contribution in [1.29, 1.82) is 0 Å². The Labute approximate surface area is 176 Å². The quantitative estimate of drug-likeness (QED) is 0.780. The van der Waals surface area contributed by atoms with E-state index >= 15 is 0 Å². The van der Waals surface area contributed by atoms with Gasteiger partial charge < -0.3 is 15.5 Å². The van der Waals surface area contributed by atoms with Gasteiger partial charge in [-0.05, 0) is 42.5 Å². The molecular formula is C21H19F2N3O3S. The van der Waals surface area contributed by atoms with Crippen molar-refractivity contribution in [3.05, 3.63) is 53.6 Å². The van der Waals surface area contributed by atoms with Crippen LogP contribution in [0.2, 0.25) is 0 Å². The van der Waals surface area contributed by atoms with Gasteiger partial charge in [0.2, 0.25) is 11.8 Å². The van der Waals surface area contributed by atoms with E-state index in [0.29, 0.717) is 24.2 Å². The van der Waals surface area contributed by atoms with Crippen LogP contribution in [0.3, 0.4) is 0 Å². The second-order valence-corrected chi connectivity index (χ2v) is 8.08. The monoisotopic (exact) mass is 431 g/mol. The lowest BCUT2D eigenvalue weighted by atomic mass is 10.0. The summed E-state index contributed by atoms with van der Waals surface area (Å²) in [6.07, 6.45) is 2.27. The molecule has 9 heteroatoms. The molecule has 0 aromatic heterocycles. The Balaban J connectivity index is 1.67. The van der Waals surface area contributed by atoms with E-state index in [2.05, 4.69) is 10.6 Å². The van der Waals surface area contributed by atoms with E-state index in [1.807, 2.05) is 0 Å².